The van der Waals surface area contributed by atoms with Gasteiger partial charge in [0.15, 0.2) is 0 Å². The van der Waals surface area contributed by atoms with Crippen LogP contribution >= 0.6 is 0 Å². The number of hydrogen-bond donors (Lipinski definition) is 1. The molecule has 1 N–H and O–H groups in total. The first-order valence-corrected chi connectivity index (χ1v) is 7.56. The van der Waals surface area contributed by atoms with Gasteiger partial charge in [0.25, 0.3) is 0 Å². The Kier molecular flexibility index (Phi) is 3.05. The molecule has 1 aliphatic heterocycles. The number of nitrogens with zero attached hydrogens (tertiary/aromatic N) is 1. The first-order chi connectivity index (χ1) is 7.37. The lowest BCUT2D eigenvalue weighted by Gasteiger charge is -2.23. The lowest BCUT2D eigenvalue weighted by Crippen LogP contribution is -2.45. The van der Waals surface area contributed by atoms with Crippen LogP contribution in [-0.2, 0) is 10.0 Å². The molecule has 1 heterocycles. The molecule has 0 aromatic rings. The molecule has 2 fully saturated rings. The third kappa shape index (κ3) is 2.00. The Balaban J connectivity index is 2.04. The topological polar surface area (TPSA) is 49.4 Å². The van der Waals surface area contributed by atoms with E-state index in [4.69, 9.17) is 0 Å². The van der Waals surface area contributed by atoms with Gasteiger partial charge in [-0.15, -0.1) is 0 Å². The zero-order chi connectivity index (χ0) is 12.0. The highest BCUT2D eigenvalue weighted by Gasteiger charge is 2.57. The summed E-state index contributed by atoms with van der Waals surface area (Å²) in [5, 5.41) is 0. The largest absolute Gasteiger partial charge is 0.305 e. The normalized spacial score (nSPS) is 29.9. The molecule has 5 heteroatoms. The summed E-state index contributed by atoms with van der Waals surface area (Å²) in [4.78, 5) is 2.17. The molecule has 1 atom stereocenters. The molecule has 2 aliphatic rings. The van der Waals surface area contributed by atoms with Crippen molar-refractivity contribution in [1.29, 1.82) is 0 Å². The minimum atomic E-state index is -3.13. The summed E-state index contributed by atoms with van der Waals surface area (Å²) in [7, 11) is -1.10. The van der Waals surface area contributed by atoms with Crippen LogP contribution in [-0.4, -0.2) is 44.2 Å². The third-order valence-corrected chi connectivity index (χ3v) is 6.64. The molecule has 0 aromatic carbocycles. The van der Waals surface area contributed by atoms with Gasteiger partial charge in [-0.1, -0.05) is 13.8 Å². The lowest BCUT2D eigenvalue weighted by atomic mass is 10.1. The van der Waals surface area contributed by atoms with Crippen LogP contribution in [0.1, 0.15) is 33.1 Å². The highest BCUT2D eigenvalue weighted by Crippen LogP contribution is 2.49. The monoisotopic (exact) mass is 246 g/mol. The summed E-state index contributed by atoms with van der Waals surface area (Å²) in [5.74, 6) is 0.212. The van der Waals surface area contributed by atoms with Crippen molar-refractivity contribution in [3.05, 3.63) is 0 Å². The van der Waals surface area contributed by atoms with E-state index in [1.54, 1.807) is 0 Å². The molecular formula is C11H22N2O2S. The SMILES string of the molecule is CC(C)C1(S(=O)(=O)NC2CCN(C)C2)CC1. The van der Waals surface area contributed by atoms with Gasteiger partial charge in [0.2, 0.25) is 10.0 Å². The van der Waals surface area contributed by atoms with Crippen molar-refractivity contribution in [2.45, 2.75) is 43.9 Å². The van der Waals surface area contributed by atoms with Gasteiger partial charge in [-0.05, 0) is 38.8 Å². The van der Waals surface area contributed by atoms with Crippen molar-refractivity contribution >= 4 is 10.0 Å². The average molecular weight is 246 g/mol. The van der Waals surface area contributed by atoms with Crippen LogP contribution in [0.4, 0.5) is 0 Å². The highest BCUT2D eigenvalue weighted by molar-refractivity contribution is 7.91. The van der Waals surface area contributed by atoms with Crippen molar-refractivity contribution < 1.29 is 8.42 Å². The van der Waals surface area contributed by atoms with Crippen LogP contribution in [0.2, 0.25) is 0 Å². The average Bonchev–Trinajstić information content (AvgIpc) is 2.88. The molecule has 0 aromatic heterocycles. The second-order valence-electron chi connectivity index (χ2n) is 5.59. The molecule has 1 saturated heterocycles. The third-order valence-electron chi connectivity index (χ3n) is 4.04. The lowest BCUT2D eigenvalue weighted by molar-refractivity contribution is 0.405. The summed E-state index contributed by atoms with van der Waals surface area (Å²) >= 11 is 0. The van der Waals surface area contributed by atoms with Crippen LogP contribution in [0.3, 0.4) is 0 Å². The van der Waals surface area contributed by atoms with E-state index >= 15 is 0 Å². The molecule has 1 unspecified atom stereocenters. The van der Waals surface area contributed by atoms with Crippen LogP contribution in [0.5, 0.6) is 0 Å². The smallest absolute Gasteiger partial charge is 0.217 e. The minimum absolute atomic E-state index is 0.117. The Morgan fingerprint density at radius 1 is 1.38 bits per heavy atom. The van der Waals surface area contributed by atoms with Gasteiger partial charge >= 0.3 is 0 Å². The summed E-state index contributed by atoms with van der Waals surface area (Å²) in [6.07, 6.45) is 2.58. The molecule has 1 aliphatic carbocycles. The zero-order valence-corrected chi connectivity index (χ0v) is 11.2. The van der Waals surface area contributed by atoms with Crippen molar-refractivity contribution in [2.24, 2.45) is 5.92 Å². The second kappa shape index (κ2) is 3.96. The van der Waals surface area contributed by atoms with E-state index in [2.05, 4.69) is 9.62 Å². The Morgan fingerprint density at radius 2 is 2.00 bits per heavy atom. The predicted molar refractivity (Wildman–Crippen MR) is 64.8 cm³/mol. The Bertz CT molecular complexity index is 360. The quantitative estimate of drug-likeness (QED) is 0.798. The van der Waals surface area contributed by atoms with E-state index in [1.165, 1.54) is 0 Å². The Hall–Kier alpha value is -0.130. The molecule has 2 rings (SSSR count). The number of hydrogen-bond acceptors (Lipinski definition) is 3. The maximum atomic E-state index is 12.3. The fourth-order valence-corrected chi connectivity index (χ4v) is 4.77. The molecule has 4 nitrogen and oxygen atoms in total. The molecule has 0 radical (unpaired) electrons. The zero-order valence-electron chi connectivity index (χ0n) is 10.4. The van der Waals surface area contributed by atoms with E-state index in [9.17, 15) is 8.42 Å². The van der Waals surface area contributed by atoms with Crippen molar-refractivity contribution in [1.82, 2.24) is 9.62 Å². The van der Waals surface area contributed by atoms with E-state index in [1.807, 2.05) is 20.9 Å². The predicted octanol–water partition coefficient (Wildman–Crippen LogP) is 0.798. The van der Waals surface area contributed by atoms with Gasteiger partial charge in [0.05, 0.1) is 4.75 Å². The first kappa shape index (κ1) is 12.3. The van der Waals surface area contributed by atoms with E-state index < -0.39 is 14.8 Å². The van der Waals surface area contributed by atoms with E-state index in [-0.39, 0.29) is 12.0 Å². The van der Waals surface area contributed by atoms with Crippen LogP contribution in [0.15, 0.2) is 0 Å². The molecule has 0 amide bonds. The van der Waals surface area contributed by atoms with Crippen molar-refractivity contribution in [2.75, 3.05) is 20.1 Å². The first-order valence-electron chi connectivity index (χ1n) is 6.08. The van der Waals surface area contributed by atoms with Crippen LogP contribution in [0, 0.1) is 5.92 Å². The highest BCUT2D eigenvalue weighted by atomic mass is 32.2. The molecule has 1 saturated carbocycles. The molecule has 94 valence electrons. The number of likely N-dealkylation sites (tertiary alicyclic amines) is 1. The maximum absolute atomic E-state index is 12.3. The fourth-order valence-electron chi connectivity index (χ4n) is 2.65. The fraction of sp³-hybridized carbons (Fsp3) is 1.00. The molecule has 0 spiro atoms. The number of sulfonamides is 1. The second-order valence-corrected chi connectivity index (χ2v) is 7.64. The summed E-state index contributed by atoms with van der Waals surface area (Å²) in [6.45, 7) is 5.84. The van der Waals surface area contributed by atoms with Gasteiger partial charge in [0.1, 0.15) is 0 Å². The van der Waals surface area contributed by atoms with Gasteiger partial charge in [-0.2, -0.15) is 0 Å². The van der Waals surface area contributed by atoms with E-state index in [0.29, 0.717) is 0 Å². The minimum Gasteiger partial charge on any atom is -0.305 e. The molecule has 16 heavy (non-hydrogen) atoms. The van der Waals surface area contributed by atoms with Crippen LogP contribution < -0.4 is 4.72 Å². The summed E-state index contributed by atoms with van der Waals surface area (Å²) < 4.78 is 27.0. The van der Waals surface area contributed by atoms with Crippen molar-refractivity contribution in [3.8, 4) is 0 Å². The summed E-state index contributed by atoms with van der Waals surface area (Å²) in [5.41, 5.74) is 0. The number of likely N-dealkylation sites (N-methyl/N-ethyl adjacent to an activating group) is 1. The summed E-state index contributed by atoms with van der Waals surface area (Å²) in [6, 6.07) is 0.117. The van der Waals surface area contributed by atoms with Gasteiger partial charge in [0, 0.05) is 12.6 Å². The Labute approximate surface area is 98.4 Å². The standard InChI is InChI=1S/C11H22N2O2S/c1-9(2)11(5-6-11)16(14,15)12-10-4-7-13(3)8-10/h9-10,12H,4-8H2,1-3H3. The maximum Gasteiger partial charge on any atom is 0.217 e. The molecule has 0 bridgehead atoms. The van der Waals surface area contributed by atoms with Gasteiger partial charge < -0.3 is 4.90 Å². The van der Waals surface area contributed by atoms with E-state index in [0.717, 1.165) is 32.4 Å². The van der Waals surface area contributed by atoms with Crippen molar-refractivity contribution in [3.63, 3.8) is 0 Å². The Morgan fingerprint density at radius 3 is 2.38 bits per heavy atom. The molecular weight excluding hydrogens is 224 g/mol. The van der Waals surface area contributed by atoms with Crippen LogP contribution in [0.25, 0.3) is 0 Å². The number of rotatable bonds is 4. The van der Waals surface area contributed by atoms with Gasteiger partial charge in [-0.3, -0.25) is 0 Å². The van der Waals surface area contributed by atoms with Gasteiger partial charge in [-0.25, -0.2) is 13.1 Å². The number of nitrogens with one attached hydrogen (secondary N) is 1.